The van der Waals surface area contributed by atoms with Crippen LogP contribution in [0.2, 0.25) is 0 Å². The Hall–Kier alpha value is -2.65. The summed E-state index contributed by atoms with van der Waals surface area (Å²) < 4.78 is 6.44. The number of furan rings is 1. The zero-order valence-corrected chi connectivity index (χ0v) is 17.7. The molecule has 0 amide bonds. The van der Waals surface area contributed by atoms with Gasteiger partial charge < -0.3 is 4.42 Å². The van der Waals surface area contributed by atoms with Crippen molar-refractivity contribution in [3.8, 4) is 0 Å². The van der Waals surface area contributed by atoms with Gasteiger partial charge in [0.25, 0.3) is 0 Å². The lowest BCUT2D eigenvalue weighted by atomic mass is 10.0. The van der Waals surface area contributed by atoms with Gasteiger partial charge in [-0.2, -0.15) is 0 Å². The first-order chi connectivity index (χ1) is 13.4. The van der Waals surface area contributed by atoms with Crippen LogP contribution in [0, 0.1) is 34.6 Å². The number of hydrogen-bond acceptors (Lipinski definition) is 3. The average Bonchev–Trinajstić information content (AvgIpc) is 2.97. The van der Waals surface area contributed by atoms with Crippen LogP contribution in [-0.4, -0.2) is 0 Å². The largest absolute Gasteiger partial charge is 0.439 e. The van der Waals surface area contributed by atoms with E-state index in [-0.39, 0.29) is 0 Å². The van der Waals surface area contributed by atoms with Crippen LogP contribution in [0.3, 0.4) is 0 Å². The molecule has 0 saturated heterocycles. The number of benzene rings is 3. The van der Waals surface area contributed by atoms with Gasteiger partial charge in [0.2, 0.25) is 5.88 Å². The van der Waals surface area contributed by atoms with E-state index in [9.17, 15) is 0 Å². The third kappa shape index (κ3) is 2.57. The molecule has 1 aliphatic heterocycles. The Balaban J connectivity index is 1.86. The topological polar surface area (TPSA) is 16.4 Å². The number of hydrogen-bond donors (Lipinski definition) is 0. The van der Waals surface area contributed by atoms with Crippen LogP contribution in [0.15, 0.2) is 62.7 Å². The Labute approximate surface area is 170 Å². The summed E-state index contributed by atoms with van der Waals surface area (Å²) in [7, 11) is 0. The Morgan fingerprint density at radius 1 is 0.750 bits per heavy atom. The van der Waals surface area contributed by atoms with Crippen molar-refractivity contribution >= 4 is 40.0 Å². The van der Waals surface area contributed by atoms with E-state index in [2.05, 4.69) is 88.0 Å². The van der Waals surface area contributed by atoms with Gasteiger partial charge in [-0.05, 0) is 75.6 Å². The van der Waals surface area contributed by atoms with E-state index >= 15 is 0 Å². The minimum Gasteiger partial charge on any atom is -0.439 e. The fourth-order valence-corrected chi connectivity index (χ4v) is 5.49. The molecule has 2 heterocycles. The molecule has 0 fully saturated rings. The van der Waals surface area contributed by atoms with Gasteiger partial charge in [-0.25, -0.2) is 0 Å². The highest BCUT2D eigenvalue weighted by Crippen LogP contribution is 2.56. The molecular formula is C25H23NOS. The molecule has 0 unspecified atom stereocenters. The normalized spacial score (nSPS) is 13.0. The van der Waals surface area contributed by atoms with E-state index in [0.717, 1.165) is 11.5 Å². The van der Waals surface area contributed by atoms with E-state index in [1.165, 1.54) is 54.4 Å². The lowest BCUT2D eigenvalue weighted by Gasteiger charge is -2.32. The maximum Gasteiger partial charge on any atom is 0.219 e. The van der Waals surface area contributed by atoms with Gasteiger partial charge in [0.1, 0.15) is 5.58 Å². The second-order valence-electron chi connectivity index (χ2n) is 7.89. The molecule has 0 saturated carbocycles. The number of aryl methyl sites for hydroxylation is 5. The summed E-state index contributed by atoms with van der Waals surface area (Å²) in [5.74, 6) is 0.928. The highest BCUT2D eigenvalue weighted by molar-refractivity contribution is 8.00. The second-order valence-corrected chi connectivity index (χ2v) is 8.94. The lowest BCUT2D eigenvalue weighted by molar-refractivity contribution is 0.611. The predicted octanol–water partition coefficient (Wildman–Crippen LogP) is 7.91. The van der Waals surface area contributed by atoms with Gasteiger partial charge in [-0.1, -0.05) is 47.2 Å². The van der Waals surface area contributed by atoms with Gasteiger partial charge in [-0.3, -0.25) is 4.90 Å². The van der Waals surface area contributed by atoms with E-state index < -0.39 is 0 Å². The summed E-state index contributed by atoms with van der Waals surface area (Å²) in [6, 6.07) is 17.6. The Bertz CT molecular complexity index is 1230. The molecule has 3 heteroatoms. The van der Waals surface area contributed by atoms with Crippen molar-refractivity contribution in [2.24, 2.45) is 0 Å². The van der Waals surface area contributed by atoms with Crippen LogP contribution < -0.4 is 4.90 Å². The minimum absolute atomic E-state index is 0.928. The molecule has 0 bridgehead atoms. The molecule has 1 aromatic heterocycles. The average molecular weight is 386 g/mol. The molecule has 4 aromatic rings. The van der Waals surface area contributed by atoms with Crippen LogP contribution in [-0.2, 0) is 0 Å². The Morgan fingerprint density at radius 2 is 1.43 bits per heavy atom. The number of fused-ring (bicyclic) bond motifs is 4. The Kier molecular flexibility index (Phi) is 3.85. The summed E-state index contributed by atoms with van der Waals surface area (Å²) in [6.45, 7) is 10.8. The van der Waals surface area contributed by atoms with Crippen molar-refractivity contribution < 1.29 is 4.42 Å². The van der Waals surface area contributed by atoms with Crippen LogP contribution in [0.4, 0.5) is 17.3 Å². The highest BCUT2D eigenvalue weighted by Gasteiger charge is 2.32. The second kappa shape index (κ2) is 6.18. The van der Waals surface area contributed by atoms with E-state index in [4.69, 9.17) is 4.42 Å². The van der Waals surface area contributed by atoms with E-state index in [1.807, 2.05) is 11.8 Å². The predicted molar refractivity (Wildman–Crippen MR) is 119 cm³/mol. The quantitative estimate of drug-likeness (QED) is 0.292. The fourth-order valence-electron chi connectivity index (χ4n) is 4.28. The summed E-state index contributed by atoms with van der Waals surface area (Å²) in [4.78, 5) is 4.80. The van der Waals surface area contributed by atoms with Gasteiger partial charge in [0.15, 0.2) is 0 Å². The van der Waals surface area contributed by atoms with Gasteiger partial charge in [-0.15, -0.1) is 0 Å². The Morgan fingerprint density at radius 3 is 2.18 bits per heavy atom. The third-order valence-electron chi connectivity index (χ3n) is 5.41. The smallest absolute Gasteiger partial charge is 0.219 e. The maximum absolute atomic E-state index is 6.44. The standard InChI is InChI=1S/C25H23NOS/c1-14-7-9-21-19(12-14)24-25(27-21)26(20-8-6-15(2)13-22(20)28-24)23-17(4)10-16(3)11-18(23)5/h6-13H,1-5H3. The van der Waals surface area contributed by atoms with E-state index in [1.54, 1.807) is 0 Å². The monoisotopic (exact) mass is 385 g/mol. The molecule has 0 atom stereocenters. The summed E-state index contributed by atoms with van der Waals surface area (Å²) >= 11 is 1.82. The van der Waals surface area contributed by atoms with Crippen LogP contribution in [0.1, 0.15) is 27.8 Å². The van der Waals surface area contributed by atoms with Gasteiger partial charge in [0, 0.05) is 10.3 Å². The zero-order valence-electron chi connectivity index (χ0n) is 16.9. The van der Waals surface area contributed by atoms with Gasteiger partial charge in [0.05, 0.1) is 16.3 Å². The van der Waals surface area contributed by atoms with Crippen molar-refractivity contribution in [1.82, 2.24) is 0 Å². The molecule has 0 spiro atoms. The van der Waals surface area contributed by atoms with Gasteiger partial charge >= 0.3 is 0 Å². The molecule has 140 valence electrons. The summed E-state index contributed by atoms with van der Waals surface area (Å²) in [5.41, 5.74) is 9.69. The molecule has 28 heavy (non-hydrogen) atoms. The van der Waals surface area contributed by atoms with Crippen LogP contribution in [0.25, 0.3) is 11.0 Å². The van der Waals surface area contributed by atoms with Crippen LogP contribution >= 0.6 is 11.8 Å². The molecule has 0 radical (unpaired) electrons. The molecular weight excluding hydrogens is 362 g/mol. The molecule has 1 aliphatic rings. The number of nitrogens with zero attached hydrogens (tertiary/aromatic N) is 1. The van der Waals surface area contributed by atoms with Crippen molar-refractivity contribution in [2.45, 2.75) is 44.4 Å². The third-order valence-corrected chi connectivity index (χ3v) is 6.56. The molecule has 5 rings (SSSR count). The molecule has 2 nitrogen and oxygen atoms in total. The first-order valence-corrected chi connectivity index (χ1v) is 10.4. The van der Waals surface area contributed by atoms with Crippen molar-refractivity contribution in [3.63, 3.8) is 0 Å². The minimum atomic E-state index is 0.928. The first-order valence-electron chi connectivity index (χ1n) is 9.62. The maximum atomic E-state index is 6.44. The van der Waals surface area contributed by atoms with E-state index in [0.29, 0.717) is 0 Å². The summed E-state index contributed by atoms with van der Waals surface area (Å²) in [6.07, 6.45) is 0. The first kappa shape index (κ1) is 17.4. The van der Waals surface area contributed by atoms with Crippen LogP contribution in [0.5, 0.6) is 0 Å². The fraction of sp³-hybridized carbons (Fsp3) is 0.200. The van der Waals surface area contributed by atoms with Crippen molar-refractivity contribution in [1.29, 1.82) is 0 Å². The van der Waals surface area contributed by atoms with Crippen molar-refractivity contribution in [2.75, 3.05) is 4.90 Å². The highest BCUT2D eigenvalue weighted by atomic mass is 32.2. The lowest BCUT2D eigenvalue weighted by Crippen LogP contribution is -2.16. The number of anilines is 3. The molecule has 0 aliphatic carbocycles. The molecule has 0 N–H and O–H groups in total. The van der Waals surface area contributed by atoms with Crippen molar-refractivity contribution in [3.05, 3.63) is 76.3 Å². The zero-order chi connectivity index (χ0) is 19.6. The molecule has 3 aromatic carbocycles. The SMILES string of the molecule is Cc1cc(C)c(N2c3ccc(C)cc3Sc3c2oc2ccc(C)cc32)c(C)c1. The number of rotatable bonds is 1. The summed E-state index contributed by atoms with van der Waals surface area (Å²) in [5, 5.41) is 1.19.